The Labute approximate surface area is 125 Å². The van der Waals surface area contributed by atoms with Gasteiger partial charge in [-0.3, -0.25) is 9.78 Å². The minimum atomic E-state index is -4.63. The van der Waals surface area contributed by atoms with Crippen molar-refractivity contribution in [1.82, 2.24) is 4.98 Å². The number of halogens is 3. The summed E-state index contributed by atoms with van der Waals surface area (Å²) in [4.78, 5) is 15.5. The number of nitrogens with zero attached hydrogens (tertiary/aromatic N) is 1. The lowest BCUT2D eigenvalue weighted by Crippen LogP contribution is -2.13. The molecule has 1 aromatic heterocycles. The van der Waals surface area contributed by atoms with E-state index >= 15 is 0 Å². The van der Waals surface area contributed by atoms with E-state index in [4.69, 9.17) is 4.74 Å². The summed E-state index contributed by atoms with van der Waals surface area (Å²) >= 11 is 0. The fraction of sp³-hybridized carbons (Fsp3) is 0.125. The molecule has 114 valence electrons. The molecule has 0 radical (unpaired) electrons. The molecular weight excluding hydrogens is 295 g/mol. The number of rotatable bonds is 4. The zero-order valence-electron chi connectivity index (χ0n) is 11.6. The summed E-state index contributed by atoms with van der Waals surface area (Å²) in [5.41, 5.74) is -1.09. The maximum atomic E-state index is 12.9. The predicted octanol–water partition coefficient (Wildman–Crippen LogP) is 4.01. The molecule has 22 heavy (non-hydrogen) atoms. The second-order valence-electron chi connectivity index (χ2n) is 4.34. The number of carbonyl (C=O) groups excluding carboxylic acids is 1. The van der Waals surface area contributed by atoms with E-state index in [0.29, 0.717) is 11.3 Å². The van der Waals surface area contributed by atoms with E-state index in [1.165, 1.54) is 13.2 Å². The summed E-state index contributed by atoms with van der Waals surface area (Å²) in [6, 6.07) is 8.82. The summed E-state index contributed by atoms with van der Waals surface area (Å²) in [6.45, 7) is 0. The topological polar surface area (TPSA) is 39.2 Å². The first kappa shape index (κ1) is 15.8. The Kier molecular flexibility index (Phi) is 4.60. The first-order valence-corrected chi connectivity index (χ1v) is 6.31. The van der Waals surface area contributed by atoms with Gasteiger partial charge in [0.1, 0.15) is 11.4 Å². The van der Waals surface area contributed by atoms with Gasteiger partial charge in [-0.2, -0.15) is 13.2 Å². The molecule has 0 aliphatic rings. The number of para-hydroxylation sites is 1. The molecule has 0 saturated carbocycles. The number of pyridine rings is 1. The van der Waals surface area contributed by atoms with Gasteiger partial charge in [0.05, 0.1) is 12.7 Å². The normalized spacial score (nSPS) is 11.6. The van der Waals surface area contributed by atoms with Gasteiger partial charge in [0.15, 0.2) is 0 Å². The number of alkyl halides is 3. The summed E-state index contributed by atoms with van der Waals surface area (Å²) in [5, 5.41) is 0. The van der Waals surface area contributed by atoms with Gasteiger partial charge in [-0.15, -0.1) is 0 Å². The zero-order valence-corrected chi connectivity index (χ0v) is 11.6. The van der Waals surface area contributed by atoms with Crippen LogP contribution in [0.15, 0.2) is 48.7 Å². The fourth-order valence-electron chi connectivity index (χ4n) is 1.88. The second-order valence-corrected chi connectivity index (χ2v) is 4.34. The third kappa shape index (κ3) is 3.52. The lowest BCUT2D eigenvalue weighted by Gasteiger charge is -2.09. The Bertz CT molecular complexity index is 709. The predicted molar refractivity (Wildman–Crippen MR) is 75.6 cm³/mol. The molecule has 0 spiro atoms. The zero-order chi connectivity index (χ0) is 16.2. The molecule has 0 aliphatic carbocycles. The fourth-order valence-corrected chi connectivity index (χ4v) is 1.88. The molecule has 6 heteroatoms. The summed E-state index contributed by atoms with van der Waals surface area (Å²) in [5.74, 6) is -0.303. The summed E-state index contributed by atoms with van der Waals surface area (Å²) in [7, 11) is 1.47. The number of aromatic nitrogens is 1. The van der Waals surface area contributed by atoms with Crippen molar-refractivity contribution in [3.8, 4) is 5.75 Å². The van der Waals surface area contributed by atoms with Crippen molar-refractivity contribution in [3.63, 3.8) is 0 Å². The Balaban J connectivity index is 2.32. The van der Waals surface area contributed by atoms with E-state index in [2.05, 4.69) is 4.98 Å². The monoisotopic (exact) mass is 307 g/mol. The average molecular weight is 307 g/mol. The van der Waals surface area contributed by atoms with E-state index in [1.54, 1.807) is 24.3 Å². The molecule has 0 bridgehead atoms. The lowest BCUT2D eigenvalue weighted by molar-refractivity contribution is -0.138. The van der Waals surface area contributed by atoms with Crippen molar-refractivity contribution >= 4 is 11.9 Å². The number of carbonyl (C=O) groups is 1. The highest BCUT2D eigenvalue weighted by molar-refractivity contribution is 6.06. The van der Waals surface area contributed by atoms with Crippen LogP contribution in [0.4, 0.5) is 13.2 Å². The van der Waals surface area contributed by atoms with E-state index in [1.807, 2.05) is 0 Å². The van der Waals surface area contributed by atoms with Crippen LogP contribution in [-0.4, -0.2) is 17.9 Å². The highest BCUT2D eigenvalue weighted by Gasteiger charge is 2.35. The number of allylic oxidation sites excluding steroid dienone is 1. The SMILES string of the molecule is COc1ccccc1C=CC(=O)c1ncccc1C(F)(F)F. The summed E-state index contributed by atoms with van der Waals surface area (Å²) < 4.78 is 43.7. The van der Waals surface area contributed by atoms with Crippen LogP contribution in [0.3, 0.4) is 0 Å². The Morgan fingerprint density at radius 1 is 1.18 bits per heavy atom. The quantitative estimate of drug-likeness (QED) is 0.633. The molecule has 1 heterocycles. The van der Waals surface area contributed by atoms with Gasteiger partial charge in [0.2, 0.25) is 5.78 Å². The minimum absolute atomic E-state index is 0.517. The minimum Gasteiger partial charge on any atom is -0.496 e. The van der Waals surface area contributed by atoms with Crippen LogP contribution >= 0.6 is 0 Å². The number of hydrogen-bond donors (Lipinski definition) is 0. The van der Waals surface area contributed by atoms with E-state index in [0.717, 1.165) is 24.4 Å². The van der Waals surface area contributed by atoms with Crippen molar-refractivity contribution in [2.45, 2.75) is 6.18 Å². The molecule has 2 rings (SSSR count). The third-order valence-corrected chi connectivity index (χ3v) is 2.90. The molecular formula is C16H12F3NO2. The first-order chi connectivity index (χ1) is 10.4. The molecule has 0 atom stereocenters. The smallest absolute Gasteiger partial charge is 0.418 e. The Morgan fingerprint density at radius 2 is 1.91 bits per heavy atom. The molecule has 0 unspecified atom stereocenters. The van der Waals surface area contributed by atoms with Gasteiger partial charge >= 0.3 is 6.18 Å². The number of hydrogen-bond acceptors (Lipinski definition) is 3. The van der Waals surface area contributed by atoms with Gasteiger partial charge in [0, 0.05) is 11.8 Å². The molecule has 0 N–H and O–H groups in total. The summed E-state index contributed by atoms with van der Waals surface area (Å²) in [6.07, 6.45) is -1.03. The Hall–Kier alpha value is -2.63. The van der Waals surface area contributed by atoms with Crippen LogP contribution in [-0.2, 0) is 6.18 Å². The second kappa shape index (κ2) is 6.43. The molecule has 2 aromatic rings. The first-order valence-electron chi connectivity index (χ1n) is 6.31. The lowest BCUT2D eigenvalue weighted by atomic mass is 10.1. The van der Waals surface area contributed by atoms with Crippen molar-refractivity contribution in [2.75, 3.05) is 7.11 Å². The van der Waals surface area contributed by atoms with Crippen molar-refractivity contribution < 1.29 is 22.7 Å². The van der Waals surface area contributed by atoms with Gasteiger partial charge in [-0.25, -0.2) is 0 Å². The molecule has 0 saturated heterocycles. The van der Waals surface area contributed by atoms with Crippen molar-refractivity contribution in [3.05, 3.63) is 65.5 Å². The van der Waals surface area contributed by atoms with Crippen LogP contribution < -0.4 is 4.74 Å². The average Bonchev–Trinajstić information content (AvgIpc) is 2.52. The van der Waals surface area contributed by atoms with Gasteiger partial charge < -0.3 is 4.74 Å². The molecule has 1 aromatic carbocycles. The molecule has 3 nitrogen and oxygen atoms in total. The Morgan fingerprint density at radius 3 is 2.59 bits per heavy atom. The molecule has 0 aliphatic heterocycles. The van der Waals surface area contributed by atoms with Crippen molar-refractivity contribution in [2.24, 2.45) is 0 Å². The number of benzene rings is 1. The highest BCUT2D eigenvalue weighted by atomic mass is 19.4. The molecule has 0 fully saturated rings. The van der Waals surface area contributed by atoms with Crippen LogP contribution in [0.2, 0.25) is 0 Å². The van der Waals surface area contributed by atoms with Gasteiger partial charge in [-0.05, 0) is 30.4 Å². The van der Waals surface area contributed by atoms with E-state index in [9.17, 15) is 18.0 Å². The van der Waals surface area contributed by atoms with Crippen LogP contribution in [0, 0.1) is 0 Å². The van der Waals surface area contributed by atoms with E-state index < -0.39 is 23.2 Å². The van der Waals surface area contributed by atoms with Gasteiger partial charge in [0.25, 0.3) is 0 Å². The molecule has 0 amide bonds. The maximum absolute atomic E-state index is 12.9. The van der Waals surface area contributed by atoms with Crippen LogP contribution in [0.5, 0.6) is 5.75 Å². The van der Waals surface area contributed by atoms with Crippen molar-refractivity contribution in [1.29, 1.82) is 0 Å². The van der Waals surface area contributed by atoms with Gasteiger partial charge in [-0.1, -0.05) is 18.2 Å². The van der Waals surface area contributed by atoms with Crippen LogP contribution in [0.25, 0.3) is 6.08 Å². The van der Waals surface area contributed by atoms with E-state index in [-0.39, 0.29) is 0 Å². The van der Waals surface area contributed by atoms with Crippen LogP contribution in [0.1, 0.15) is 21.6 Å². The number of ketones is 1. The standard InChI is InChI=1S/C16H12F3NO2/c1-22-14-7-3-2-5-11(14)8-9-13(21)15-12(16(17,18)19)6-4-10-20-15/h2-10H,1H3. The largest absolute Gasteiger partial charge is 0.496 e. The number of ether oxygens (including phenoxy) is 1. The highest BCUT2D eigenvalue weighted by Crippen LogP contribution is 2.31. The third-order valence-electron chi connectivity index (χ3n) is 2.90. The maximum Gasteiger partial charge on any atom is 0.418 e. The number of methoxy groups -OCH3 is 1.